The third-order valence-corrected chi connectivity index (χ3v) is 11.4. The Morgan fingerprint density at radius 3 is 1.47 bits per heavy atom. The second-order valence-electron chi connectivity index (χ2n) is 12.9. The van der Waals surface area contributed by atoms with E-state index in [0.29, 0.717) is 96.7 Å². The van der Waals surface area contributed by atoms with Crippen LogP contribution >= 0.6 is 22.7 Å². The maximum absolute atomic E-state index is 13.0. The number of alkyl halides is 6. The van der Waals surface area contributed by atoms with Crippen molar-refractivity contribution in [1.82, 2.24) is 59.1 Å². The second-order valence-corrected chi connectivity index (χ2v) is 14.9. The van der Waals surface area contributed by atoms with Gasteiger partial charge in [-0.3, -0.25) is 19.0 Å². The Labute approximate surface area is 330 Å². The lowest BCUT2D eigenvalue weighted by Crippen LogP contribution is -2.38. The molecule has 2 N–H and O–H groups in total. The number of H-pyrrole nitrogens is 2. The molecule has 0 spiro atoms. The summed E-state index contributed by atoms with van der Waals surface area (Å²) >= 11 is 1.17. The first-order chi connectivity index (χ1) is 28.0. The lowest BCUT2D eigenvalue weighted by atomic mass is 10.1. The number of fused-ring (bicyclic) bond motifs is 2. The zero-order valence-corrected chi connectivity index (χ0v) is 31.2. The number of nitrogens with zero attached hydrogens (tertiary/aromatic N) is 12. The first kappa shape index (κ1) is 37.6. The van der Waals surface area contributed by atoms with Crippen molar-refractivity contribution in [3.05, 3.63) is 95.0 Å². The van der Waals surface area contributed by atoms with Gasteiger partial charge in [0.25, 0.3) is 0 Å². The van der Waals surface area contributed by atoms with Gasteiger partial charge in [0.15, 0.2) is 21.6 Å². The summed E-state index contributed by atoms with van der Waals surface area (Å²) in [4.78, 5) is 29.0. The van der Waals surface area contributed by atoms with Crippen LogP contribution in [0, 0.1) is 0 Å². The van der Waals surface area contributed by atoms with Crippen LogP contribution in [0.1, 0.15) is 33.1 Å². The Morgan fingerprint density at radius 2 is 1.07 bits per heavy atom. The van der Waals surface area contributed by atoms with Crippen LogP contribution in [-0.4, -0.2) is 98.5 Å². The molecule has 16 nitrogen and oxygen atoms in total. The van der Waals surface area contributed by atoms with Crippen LogP contribution in [-0.2, 0) is 21.8 Å². The smallest absolute Gasteiger partial charge is 0.370 e. The molecular formula is C34H28F6N14O2S2. The van der Waals surface area contributed by atoms with E-state index in [2.05, 4.69) is 60.1 Å². The molecule has 2 aliphatic rings. The number of morpholine rings is 2. The van der Waals surface area contributed by atoms with Gasteiger partial charge in [0.1, 0.15) is 45.0 Å². The van der Waals surface area contributed by atoms with E-state index in [1.54, 1.807) is 49.3 Å². The molecule has 10 rings (SSSR count). The van der Waals surface area contributed by atoms with Crippen molar-refractivity contribution in [2.45, 2.75) is 24.6 Å². The predicted octanol–water partition coefficient (Wildman–Crippen LogP) is 6.35. The first-order valence-electron chi connectivity index (χ1n) is 17.4. The largest absolute Gasteiger partial charge is 0.427 e. The van der Waals surface area contributed by atoms with E-state index in [-0.39, 0.29) is 22.1 Å². The number of halogens is 6. The molecule has 8 aromatic rings. The zero-order chi connectivity index (χ0) is 40.0. The number of hydrogen-bond donors (Lipinski definition) is 2. The third kappa shape index (κ3) is 7.57. The molecule has 0 aliphatic carbocycles. The average molecular weight is 843 g/mol. The highest BCUT2D eigenvalue weighted by atomic mass is 32.1. The van der Waals surface area contributed by atoms with Crippen molar-refractivity contribution < 1.29 is 35.8 Å². The van der Waals surface area contributed by atoms with Gasteiger partial charge >= 0.3 is 12.4 Å². The minimum Gasteiger partial charge on any atom is -0.370 e. The summed E-state index contributed by atoms with van der Waals surface area (Å²) in [5.74, 6) is 1.97. The first-order valence-corrected chi connectivity index (χ1v) is 19.1. The maximum atomic E-state index is 13.0. The molecule has 2 atom stereocenters. The Kier molecular flexibility index (Phi) is 9.77. The molecule has 0 unspecified atom stereocenters. The summed E-state index contributed by atoms with van der Waals surface area (Å²) in [5, 5.41) is 13.5. The lowest BCUT2D eigenvalue weighted by Gasteiger charge is -2.33. The van der Waals surface area contributed by atoms with Crippen molar-refractivity contribution in [1.29, 1.82) is 0 Å². The summed E-state index contributed by atoms with van der Waals surface area (Å²) in [7, 11) is 0. The standard InChI is InChI=1S/2C17H14F3N7OS/c2*18-17(19,20)13-9-27-11(7-22-16(27)29-13)15-21-2-1-14(25-15)26-3-4-28-12(8-26)10-5-23-24-6-10/h2*1-2,5-7,9,12H,3-4,8H2,(H,23,24)/t2*12-/m10/s1. The fourth-order valence-corrected chi connectivity index (χ4v) is 8.11. The van der Waals surface area contributed by atoms with Gasteiger partial charge in [-0.15, -0.1) is 0 Å². The Hall–Kier alpha value is -5.98. The number of hydrogen-bond acceptors (Lipinski definition) is 14. The molecule has 2 saturated heterocycles. The van der Waals surface area contributed by atoms with Crippen LogP contribution in [0.2, 0.25) is 0 Å². The SMILES string of the molecule is FC(F)(F)c1cn2c(-c3nccc(N4CCO[C@@H](c5cn[nH]c5)C4)n3)cnc2s1.FC(F)(F)c1cn2c(-c3nccc(N4CCO[C@H](c5cn[nH]c5)C4)n3)cnc2s1. The van der Waals surface area contributed by atoms with Gasteiger partial charge in [-0.2, -0.15) is 36.5 Å². The second kappa shape index (κ2) is 15.1. The van der Waals surface area contributed by atoms with E-state index < -0.39 is 22.1 Å². The number of aromatic amines is 2. The van der Waals surface area contributed by atoms with Crippen molar-refractivity contribution >= 4 is 44.2 Å². The predicted molar refractivity (Wildman–Crippen MR) is 197 cm³/mol. The van der Waals surface area contributed by atoms with Crippen LogP contribution in [0.3, 0.4) is 0 Å². The quantitative estimate of drug-likeness (QED) is 0.179. The molecule has 58 heavy (non-hydrogen) atoms. The van der Waals surface area contributed by atoms with Crippen molar-refractivity contribution in [3.8, 4) is 23.0 Å². The molecule has 2 fully saturated rings. The highest BCUT2D eigenvalue weighted by molar-refractivity contribution is 7.17. The molecule has 0 bridgehead atoms. The summed E-state index contributed by atoms with van der Waals surface area (Å²) in [6.45, 7) is 3.48. The lowest BCUT2D eigenvalue weighted by molar-refractivity contribution is -0.135. The highest BCUT2D eigenvalue weighted by Crippen LogP contribution is 2.38. The Morgan fingerprint density at radius 1 is 0.621 bits per heavy atom. The van der Waals surface area contributed by atoms with Crippen molar-refractivity contribution in [3.63, 3.8) is 0 Å². The summed E-state index contributed by atoms with van der Waals surface area (Å²) in [5.41, 5.74) is 2.71. The van der Waals surface area contributed by atoms with Gasteiger partial charge in [0.05, 0.1) is 38.0 Å². The Bertz CT molecular complexity index is 2460. The number of nitrogens with one attached hydrogen (secondary N) is 2. The van der Waals surface area contributed by atoms with E-state index in [0.717, 1.165) is 23.5 Å². The number of ether oxygens (including phenoxy) is 2. The van der Waals surface area contributed by atoms with Crippen molar-refractivity contribution in [2.75, 3.05) is 49.2 Å². The normalized spacial score (nSPS) is 17.9. The molecule has 8 aromatic heterocycles. The minimum atomic E-state index is -4.42. The van der Waals surface area contributed by atoms with E-state index in [1.807, 2.05) is 0 Å². The molecule has 300 valence electrons. The highest BCUT2D eigenvalue weighted by Gasteiger charge is 2.35. The fraction of sp³-hybridized carbons (Fsp3) is 0.294. The number of imidazole rings is 2. The summed E-state index contributed by atoms with van der Waals surface area (Å²) < 4.78 is 92.4. The van der Waals surface area contributed by atoms with Gasteiger partial charge in [0.2, 0.25) is 0 Å². The molecule has 24 heteroatoms. The molecule has 0 aromatic carbocycles. The van der Waals surface area contributed by atoms with E-state index in [4.69, 9.17) is 9.47 Å². The monoisotopic (exact) mass is 842 g/mol. The molecule has 10 heterocycles. The number of rotatable bonds is 6. The van der Waals surface area contributed by atoms with Gasteiger partial charge in [-0.05, 0) is 12.1 Å². The van der Waals surface area contributed by atoms with E-state index >= 15 is 0 Å². The van der Waals surface area contributed by atoms with Crippen LogP contribution in [0.4, 0.5) is 38.0 Å². The van der Waals surface area contributed by atoms with Crippen LogP contribution in [0.15, 0.2) is 74.1 Å². The van der Waals surface area contributed by atoms with Gasteiger partial charge in [-0.25, -0.2) is 29.9 Å². The zero-order valence-electron chi connectivity index (χ0n) is 29.6. The Balaban J connectivity index is 0.000000150. The number of aromatic nitrogens is 12. The van der Waals surface area contributed by atoms with E-state index in [9.17, 15) is 26.3 Å². The van der Waals surface area contributed by atoms with Crippen LogP contribution < -0.4 is 9.80 Å². The topological polar surface area (TPSA) is 168 Å². The van der Waals surface area contributed by atoms with Gasteiger partial charge < -0.3 is 19.3 Å². The molecule has 2 aliphatic heterocycles. The summed E-state index contributed by atoms with van der Waals surface area (Å²) in [6.07, 6.45) is 6.11. The molecule has 0 amide bonds. The maximum Gasteiger partial charge on any atom is 0.427 e. The van der Waals surface area contributed by atoms with Crippen LogP contribution in [0.25, 0.3) is 33.0 Å². The number of thiazole rings is 2. The fourth-order valence-electron chi connectivity index (χ4n) is 6.45. The molecule has 0 saturated carbocycles. The van der Waals surface area contributed by atoms with Crippen molar-refractivity contribution in [2.24, 2.45) is 0 Å². The van der Waals surface area contributed by atoms with Crippen LogP contribution in [0.5, 0.6) is 0 Å². The van der Waals surface area contributed by atoms with E-state index in [1.165, 1.54) is 21.2 Å². The molecular weight excluding hydrogens is 815 g/mol. The van der Waals surface area contributed by atoms with Gasteiger partial charge in [-0.1, -0.05) is 22.7 Å². The third-order valence-electron chi connectivity index (χ3n) is 9.28. The van der Waals surface area contributed by atoms with Gasteiger partial charge in [0, 0.05) is 74.5 Å². The number of anilines is 2. The minimum absolute atomic E-state index is 0.145. The molecule has 0 radical (unpaired) electrons. The average Bonchev–Trinajstić information content (AvgIpc) is 4.07. The summed E-state index contributed by atoms with van der Waals surface area (Å²) in [6, 6.07) is 3.54.